The molecule has 4 saturated heterocycles. The van der Waals surface area contributed by atoms with E-state index in [2.05, 4.69) is 21.3 Å². The van der Waals surface area contributed by atoms with Gasteiger partial charge in [0.25, 0.3) is 0 Å². The van der Waals surface area contributed by atoms with Crippen molar-refractivity contribution in [1.82, 2.24) is 21.3 Å². The molecule has 0 radical (unpaired) electrons. The van der Waals surface area contributed by atoms with Crippen LogP contribution >= 0.6 is 0 Å². The van der Waals surface area contributed by atoms with Gasteiger partial charge in [0.05, 0.1) is 49.4 Å². The van der Waals surface area contributed by atoms with Crippen LogP contribution in [0, 0.1) is 11.8 Å². The largest absolute Gasteiger partial charge is 0.461 e. The Morgan fingerprint density at radius 2 is 0.944 bits per heavy atom. The molecule has 0 bridgehead atoms. The number of hydrogen-bond donors (Lipinski definition) is 4. The summed E-state index contributed by atoms with van der Waals surface area (Å²) >= 11 is 0. The summed E-state index contributed by atoms with van der Waals surface area (Å²) in [7, 11) is 0. The molecule has 0 spiro atoms. The van der Waals surface area contributed by atoms with Crippen molar-refractivity contribution in [3.05, 3.63) is 35.4 Å². The van der Waals surface area contributed by atoms with Gasteiger partial charge in [0.1, 0.15) is 38.1 Å². The minimum atomic E-state index is -0.482. The predicted octanol–water partition coefficient (Wildman–Crippen LogP) is -0.984. The first-order valence-electron chi connectivity index (χ1n) is 12.5. The Balaban J connectivity index is 1.13. The Hall–Kier alpha value is -2.16. The summed E-state index contributed by atoms with van der Waals surface area (Å²) in [4.78, 5) is 25.3. The molecule has 0 saturated carbocycles. The third-order valence-electron chi connectivity index (χ3n) is 6.71. The molecule has 4 heterocycles. The lowest BCUT2D eigenvalue weighted by Crippen LogP contribution is -2.46. The van der Waals surface area contributed by atoms with Gasteiger partial charge in [-0.3, -0.25) is 21.3 Å². The molecule has 4 atom stereocenters. The standard InChI is InChI=1S/C24H34N4O8/c29-23(35-13-17(19-25-5-9-31-19)20-26-6-10-32-20)15-1-2-16(4-3-15)24(30)36-14-18(21-27-7-11-33-21)22-28-8-12-34-22/h1-4,17-22,25-28H,5-14H2. The van der Waals surface area contributed by atoms with E-state index < -0.39 is 11.9 Å². The van der Waals surface area contributed by atoms with E-state index in [0.717, 1.165) is 26.2 Å². The number of carbonyl (C=O) groups is 2. The zero-order chi connectivity index (χ0) is 24.7. The molecule has 4 aliphatic rings. The van der Waals surface area contributed by atoms with Gasteiger partial charge in [-0.05, 0) is 24.3 Å². The van der Waals surface area contributed by atoms with E-state index in [4.69, 9.17) is 28.4 Å². The van der Waals surface area contributed by atoms with Gasteiger partial charge in [0.2, 0.25) is 0 Å². The maximum Gasteiger partial charge on any atom is 0.338 e. The zero-order valence-corrected chi connectivity index (χ0v) is 20.1. The summed E-state index contributed by atoms with van der Waals surface area (Å²) in [5, 5.41) is 13.1. The van der Waals surface area contributed by atoms with Gasteiger partial charge in [-0.15, -0.1) is 0 Å². The van der Waals surface area contributed by atoms with Crippen LogP contribution in [-0.4, -0.2) is 103 Å². The van der Waals surface area contributed by atoms with Crippen molar-refractivity contribution >= 4 is 11.9 Å². The monoisotopic (exact) mass is 506 g/mol. The summed E-state index contributed by atoms with van der Waals surface area (Å²) in [6.07, 6.45) is -0.985. The average Bonchev–Trinajstić information content (AvgIpc) is 3.73. The molecular formula is C24H34N4O8. The van der Waals surface area contributed by atoms with Gasteiger partial charge >= 0.3 is 11.9 Å². The van der Waals surface area contributed by atoms with Crippen molar-refractivity contribution in [3.8, 4) is 0 Å². The fraction of sp³-hybridized carbons (Fsp3) is 0.667. The number of rotatable bonds is 10. The van der Waals surface area contributed by atoms with Crippen LogP contribution < -0.4 is 21.3 Å². The van der Waals surface area contributed by atoms with E-state index in [-0.39, 0.29) is 50.0 Å². The van der Waals surface area contributed by atoms with Crippen LogP contribution in [0.3, 0.4) is 0 Å². The van der Waals surface area contributed by atoms with E-state index in [1.165, 1.54) is 0 Å². The van der Waals surface area contributed by atoms with Gasteiger partial charge in [-0.25, -0.2) is 9.59 Å². The molecule has 12 heteroatoms. The van der Waals surface area contributed by atoms with Crippen LogP contribution in [-0.2, 0) is 28.4 Å². The minimum Gasteiger partial charge on any atom is -0.461 e. The second kappa shape index (κ2) is 12.4. The second-order valence-corrected chi connectivity index (χ2v) is 9.08. The van der Waals surface area contributed by atoms with E-state index in [9.17, 15) is 9.59 Å². The number of nitrogens with one attached hydrogen (secondary N) is 4. The van der Waals surface area contributed by atoms with Crippen LogP contribution in [0.2, 0.25) is 0 Å². The number of carbonyl (C=O) groups excluding carboxylic acids is 2. The normalized spacial score (nSPS) is 29.8. The van der Waals surface area contributed by atoms with E-state index in [1.807, 2.05) is 0 Å². The highest BCUT2D eigenvalue weighted by Gasteiger charge is 2.37. The molecule has 1 aromatic carbocycles. The van der Waals surface area contributed by atoms with Crippen molar-refractivity contribution < 1.29 is 38.0 Å². The Bertz CT molecular complexity index is 760. The van der Waals surface area contributed by atoms with Crippen LogP contribution in [0.1, 0.15) is 20.7 Å². The van der Waals surface area contributed by atoms with Crippen LogP contribution in [0.5, 0.6) is 0 Å². The van der Waals surface area contributed by atoms with Crippen molar-refractivity contribution in [2.45, 2.75) is 24.9 Å². The molecule has 4 N–H and O–H groups in total. The van der Waals surface area contributed by atoms with Gasteiger partial charge in [0.15, 0.2) is 0 Å². The second-order valence-electron chi connectivity index (χ2n) is 9.08. The summed E-state index contributed by atoms with van der Waals surface area (Å²) in [5.74, 6) is -1.33. The summed E-state index contributed by atoms with van der Waals surface area (Å²) < 4.78 is 34.0. The van der Waals surface area contributed by atoms with Crippen LogP contribution in [0.15, 0.2) is 24.3 Å². The molecule has 0 aromatic heterocycles. The topological polar surface area (TPSA) is 138 Å². The first kappa shape index (κ1) is 25.5. The lowest BCUT2D eigenvalue weighted by Gasteiger charge is -2.27. The van der Waals surface area contributed by atoms with E-state index >= 15 is 0 Å². The first-order valence-corrected chi connectivity index (χ1v) is 12.5. The summed E-state index contributed by atoms with van der Waals surface area (Å²) in [5.41, 5.74) is 0.687. The molecule has 198 valence electrons. The average molecular weight is 507 g/mol. The Morgan fingerprint density at radius 3 is 1.19 bits per heavy atom. The molecule has 4 aliphatic heterocycles. The molecule has 12 nitrogen and oxygen atoms in total. The van der Waals surface area contributed by atoms with E-state index in [1.54, 1.807) is 24.3 Å². The fourth-order valence-electron chi connectivity index (χ4n) is 4.80. The molecule has 4 fully saturated rings. The number of benzene rings is 1. The predicted molar refractivity (Wildman–Crippen MR) is 125 cm³/mol. The SMILES string of the molecule is O=C(OCC(C1NCCO1)C1NCCO1)c1ccc(C(=O)OCC(C2NCCO2)C2NCCO2)cc1. The van der Waals surface area contributed by atoms with Crippen LogP contribution in [0.4, 0.5) is 0 Å². The quantitative estimate of drug-likeness (QED) is 0.290. The van der Waals surface area contributed by atoms with Crippen molar-refractivity contribution in [1.29, 1.82) is 0 Å². The van der Waals surface area contributed by atoms with Gasteiger partial charge in [-0.1, -0.05) is 0 Å². The number of hydrogen-bond acceptors (Lipinski definition) is 12. The summed E-state index contributed by atoms with van der Waals surface area (Å²) in [6, 6.07) is 6.24. The molecule has 0 amide bonds. The molecule has 4 unspecified atom stereocenters. The Labute approximate surface area is 209 Å². The lowest BCUT2D eigenvalue weighted by atomic mass is 10.1. The molecule has 0 aliphatic carbocycles. The highest BCUT2D eigenvalue weighted by atomic mass is 16.6. The van der Waals surface area contributed by atoms with Gasteiger partial charge in [-0.2, -0.15) is 0 Å². The Kier molecular flexibility index (Phi) is 8.77. The van der Waals surface area contributed by atoms with Gasteiger partial charge < -0.3 is 28.4 Å². The highest BCUT2D eigenvalue weighted by molar-refractivity contribution is 5.93. The maximum absolute atomic E-state index is 12.7. The fourth-order valence-corrected chi connectivity index (χ4v) is 4.80. The van der Waals surface area contributed by atoms with Crippen molar-refractivity contribution in [2.75, 3.05) is 65.8 Å². The van der Waals surface area contributed by atoms with Crippen LogP contribution in [0.25, 0.3) is 0 Å². The van der Waals surface area contributed by atoms with Crippen molar-refractivity contribution in [3.63, 3.8) is 0 Å². The number of ether oxygens (including phenoxy) is 6. The van der Waals surface area contributed by atoms with Crippen molar-refractivity contribution in [2.24, 2.45) is 11.8 Å². The smallest absolute Gasteiger partial charge is 0.338 e. The third kappa shape index (κ3) is 6.21. The highest BCUT2D eigenvalue weighted by Crippen LogP contribution is 2.20. The number of esters is 2. The van der Waals surface area contributed by atoms with Gasteiger partial charge in [0, 0.05) is 26.2 Å². The maximum atomic E-state index is 12.7. The molecular weight excluding hydrogens is 472 g/mol. The molecule has 5 rings (SSSR count). The third-order valence-corrected chi connectivity index (χ3v) is 6.71. The summed E-state index contributed by atoms with van der Waals surface area (Å²) in [6.45, 7) is 5.67. The first-order chi connectivity index (χ1) is 17.7. The minimum absolute atomic E-state index is 0.133. The molecule has 36 heavy (non-hydrogen) atoms. The Morgan fingerprint density at radius 1 is 0.639 bits per heavy atom. The lowest BCUT2D eigenvalue weighted by molar-refractivity contribution is -0.0591. The molecule has 1 aromatic rings. The zero-order valence-electron chi connectivity index (χ0n) is 20.1. The van der Waals surface area contributed by atoms with E-state index in [0.29, 0.717) is 37.6 Å².